The van der Waals surface area contributed by atoms with Gasteiger partial charge in [0.05, 0.1) is 6.42 Å². The monoisotopic (exact) mass is 376 g/mol. The number of carbonyl (C=O) groups excluding carboxylic acids is 1. The summed E-state index contributed by atoms with van der Waals surface area (Å²) < 4.78 is 4.50. The first kappa shape index (κ1) is 16.9. The Kier molecular flexibility index (Phi) is 4.75. The van der Waals surface area contributed by atoms with Gasteiger partial charge in [0.25, 0.3) is 0 Å². The Bertz CT molecular complexity index is 756. The fourth-order valence-electron chi connectivity index (χ4n) is 3.53. The topological polar surface area (TPSA) is 47.9 Å². The maximum atomic E-state index is 11.5. The summed E-state index contributed by atoms with van der Waals surface area (Å²) in [6.07, 6.45) is 2.28. The molecule has 1 aromatic rings. The van der Waals surface area contributed by atoms with E-state index in [-0.39, 0.29) is 5.91 Å². The lowest BCUT2D eigenvalue weighted by molar-refractivity contribution is -0.115. The van der Waals surface area contributed by atoms with Gasteiger partial charge in [-0.25, -0.2) is 0 Å². The average Bonchev–Trinajstić information content (AvgIpc) is 3.18. The molecule has 0 spiro atoms. The van der Waals surface area contributed by atoms with E-state index in [0.717, 1.165) is 72.3 Å². The number of benzene rings is 1. The van der Waals surface area contributed by atoms with Gasteiger partial charge in [0.2, 0.25) is 5.91 Å². The highest BCUT2D eigenvalue weighted by molar-refractivity contribution is 8.02. The molecule has 1 aromatic carbocycles. The van der Waals surface area contributed by atoms with E-state index in [4.69, 9.17) is 11.6 Å². The van der Waals surface area contributed by atoms with Gasteiger partial charge >= 0.3 is 0 Å². The molecule has 1 N–H and O–H groups in total. The molecule has 1 saturated heterocycles. The minimum atomic E-state index is 0.0509. The molecule has 3 aliphatic rings. The quantitative estimate of drug-likeness (QED) is 0.824. The van der Waals surface area contributed by atoms with Gasteiger partial charge in [-0.1, -0.05) is 24.2 Å². The van der Waals surface area contributed by atoms with Gasteiger partial charge in [0.1, 0.15) is 5.84 Å². The van der Waals surface area contributed by atoms with Crippen molar-refractivity contribution in [2.45, 2.75) is 19.3 Å². The Morgan fingerprint density at radius 3 is 2.76 bits per heavy atom. The van der Waals surface area contributed by atoms with Gasteiger partial charge in [0.15, 0.2) is 0 Å². The highest BCUT2D eigenvalue weighted by Gasteiger charge is 2.24. The summed E-state index contributed by atoms with van der Waals surface area (Å²) in [6, 6.07) is 3.97. The number of nitrogens with one attached hydrogen (secondary N) is 1. The lowest BCUT2D eigenvalue weighted by atomic mass is 10.1. The molecule has 1 fully saturated rings. The molecule has 7 heteroatoms. The maximum absolute atomic E-state index is 11.5. The van der Waals surface area contributed by atoms with Crippen LogP contribution in [-0.4, -0.2) is 54.3 Å². The predicted molar refractivity (Wildman–Crippen MR) is 104 cm³/mol. The number of hydrogen-bond donors (Lipinski definition) is 1. The second kappa shape index (κ2) is 7.02. The molecule has 3 aliphatic heterocycles. The molecule has 3 heterocycles. The van der Waals surface area contributed by atoms with Crippen LogP contribution in [0.25, 0.3) is 0 Å². The molecule has 0 bridgehead atoms. The number of amidine groups is 1. The van der Waals surface area contributed by atoms with Crippen LogP contribution in [-0.2, 0) is 17.6 Å². The summed E-state index contributed by atoms with van der Waals surface area (Å²) in [7, 11) is 0. The first-order valence-electron chi connectivity index (χ1n) is 8.58. The van der Waals surface area contributed by atoms with Crippen LogP contribution in [0.3, 0.4) is 0 Å². The molecule has 132 valence electrons. The number of halogens is 1. The number of fused-ring (bicyclic) bond motifs is 1. The van der Waals surface area contributed by atoms with Crippen molar-refractivity contribution in [1.82, 2.24) is 9.80 Å². The van der Waals surface area contributed by atoms with Gasteiger partial charge in [-0.15, -0.1) is 0 Å². The van der Waals surface area contributed by atoms with E-state index in [1.54, 1.807) is 0 Å². The van der Waals surface area contributed by atoms with Crippen LogP contribution in [0.15, 0.2) is 28.0 Å². The lowest BCUT2D eigenvalue weighted by Gasteiger charge is -2.35. The summed E-state index contributed by atoms with van der Waals surface area (Å²) in [5, 5.41) is 3.59. The second-order valence-corrected chi connectivity index (χ2v) is 8.07. The van der Waals surface area contributed by atoms with Crippen molar-refractivity contribution >= 4 is 41.0 Å². The average molecular weight is 377 g/mol. The van der Waals surface area contributed by atoms with E-state index in [2.05, 4.69) is 32.2 Å². The van der Waals surface area contributed by atoms with Gasteiger partial charge in [0, 0.05) is 66.7 Å². The van der Waals surface area contributed by atoms with E-state index in [1.807, 2.05) is 6.07 Å². The van der Waals surface area contributed by atoms with Crippen LogP contribution in [0.4, 0.5) is 5.69 Å². The molecular formula is C18H21ClN4OS. The molecule has 5 nitrogen and oxygen atoms in total. The molecule has 0 aliphatic carbocycles. The lowest BCUT2D eigenvalue weighted by Crippen LogP contribution is -2.48. The number of anilines is 1. The van der Waals surface area contributed by atoms with Gasteiger partial charge in [-0.2, -0.15) is 4.40 Å². The minimum absolute atomic E-state index is 0.0509. The van der Waals surface area contributed by atoms with Crippen LogP contribution in [0.1, 0.15) is 17.5 Å². The Morgan fingerprint density at radius 1 is 1.24 bits per heavy atom. The van der Waals surface area contributed by atoms with Crippen molar-refractivity contribution in [2.75, 3.05) is 38.0 Å². The van der Waals surface area contributed by atoms with E-state index >= 15 is 0 Å². The molecule has 0 radical (unpaired) electrons. The molecule has 0 aromatic heterocycles. The SMILES string of the molecule is C=C1CC(N2CCN(CCc3cc4c(cc3Cl)NC(=O)C4)CC2)=NS1. The molecule has 1 amide bonds. The van der Waals surface area contributed by atoms with E-state index in [1.165, 1.54) is 17.8 Å². The van der Waals surface area contributed by atoms with Crippen molar-refractivity contribution < 1.29 is 4.79 Å². The van der Waals surface area contributed by atoms with Crippen LogP contribution in [0.2, 0.25) is 5.02 Å². The number of piperazine rings is 1. The highest BCUT2D eigenvalue weighted by Crippen LogP contribution is 2.31. The molecule has 25 heavy (non-hydrogen) atoms. The van der Waals surface area contributed by atoms with E-state index in [0.29, 0.717) is 6.42 Å². The third-order valence-corrected chi connectivity index (χ3v) is 6.02. The van der Waals surface area contributed by atoms with Gasteiger partial charge in [-0.3, -0.25) is 9.69 Å². The molecular weight excluding hydrogens is 356 g/mol. The van der Waals surface area contributed by atoms with E-state index < -0.39 is 0 Å². The van der Waals surface area contributed by atoms with E-state index in [9.17, 15) is 4.79 Å². The molecule has 0 unspecified atom stereocenters. The van der Waals surface area contributed by atoms with Crippen molar-refractivity contribution in [3.05, 3.63) is 39.8 Å². The van der Waals surface area contributed by atoms with Crippen LogP contribution in [0.5, 0.6) is 0 Å². The molecule has 0 atom stereocenters. The Labute approximate surface area is 157 Å². The number of carbonyl (C=O) groups is 1. The minimum Gasteiger partial charge on any atom is -0.357 e. The third-order valence-electron chi connectivity index (χ3n) is 4.97. The van der Waals surface area contributed by atoms with Gasteiger partial charge in [-0.05, 0) is 23.6 Å². The summed E-state index contributed by atoms with van der Waals surface area (Å²) in [5.41, 5.74) is 3.06. The van der Waals surface area contributed by atoms with Crippen LogP contribution in [0, 0.1) is 0 Å². The first-order chi connectivity index (χ1) is 12.1. The summed E-state index contributed by atoms with van der Waals surface area (Å²) in [4.78, 5) is 17.5. The third kappa shape index (κ3) is 3.71. The van der Waals surface area contributed by atoms with Gasteiger partial charge < -0.3 is 10.2 Å². The molecule has 4 rings (SSSR count). The number of rotatable bonds is 3. The van der Waals surface area contributed by atoms with Crippen molar-refractivity contribution in [3.63, 3.8) is 0 Å². The zero-order valence-electron chi connectivity index (χ0n) is 14.1. The standard InChI is InChI=1S/C18H21ClN4OS/c1-12-8-17(21-25-12)23-6-4-22(5-7-23)3-2-13-9-14-10-18(24)20-16(14)11-15(13)19/h9,11H,1-8,10H2,(H,20,24). The van der Waals surface area contributed by atoms with Crippen LogP contribution >= 0.6 is 23.5 Å². The maximum Gasteiger partial charge on any atom is 0.228 e. The first-order valence-corrected chi connectivity index (χ1v) is 9.74. The number of hydrogen-bond acceptors (Lipinski definition) is 5. The van der Waals surface area contributed by atoms with Crippen molar-refractivity contribution in [3.8, 4) is 0 Å². The summed E-state index contributed by atoms with van der Waals surface area (Å²) in [6.45, 7) is 9.09. The normalized spacial score (nSPS) is 20.7. The predicted octanol–water partition coefficient (Wildman–Crippen LogP) is 2.96. The zero-order valence-corrected chi connectivity index (χ0v) is 15.6. The highest BCUT2D eigenvalue weighted by atomic mass is 35.5. The number of nitrogens with zero attached hydrogens (tertiary/aromatic N) is 3. The molecule has 0 saturated carbocycles. The van der Waals surface area contributed by atoms with Crippen molar-refractivity contribution in [1.29, 1.82) is 0 Å². The Hall–Kier alpha value is -1.50. The fraction of sp³-hybridized carbons (Fsp3) is 0.444. The zero-order chi connectivity index (χ0) is 17.4. The number of amides is 1. The Morgan fingerprint density at radius 2 is 2.04 bits per heavy atom. The summed E-state index contributed by atoms with van der Waals surface area (Å²) >= 11 is 7.91. The largest absolute Gasteiger partial charge is 0.357 e. The van der Waals surface area contributed by atoms with Crippen molar-refractivity contribution in [2.24, 2.45) is 4.40 Å². The smallest absolute Gasteiger partial charge is 0.228 e. The second-order valence-electron chi connectivity index (χ2n) is 6.72. The van der Waals surface area contributed by atoms with Crippen LogP contribution < -0.4 is 5.32 Å². The Balaban J connectivity index is 1.31. The summed E-state index contributed by atoms with van der Waals surface area (Å²) in [5.74, 6) is 1.23. The fourth-order valence-corrected chi connectivity index (χ4v) is 4.39.